The molecule has 1 aliphatic carbocycles. The van der Waals surface area contributed by atoms with Crippen LogP contribution in [0.4, 0.5) is 0 Å². The molecule has 0 atom stereocenters. The van der Waals surface area contributed by atoms with Gasteiger partial charge in [-0.2, -0.15) is 0 Å². The Kier molecular flexibility index (Phi) is 9.48. The number of hydrogen-bond donors (Lipinski definition) is 3. The molecule has 1 rings (SSSR count). The van der Waals surface area contributed by atoms with Crippen LogP contribution in [-0.4, -0.2) is 62.3 Å². The van der Waals surface area contributed by atoms with Crippen LogP contribution in [0.3, 0.4) is 0 Å². The van der Waals surface area contributed by atoms with Crippen molar-refractivity contribution in [2.45, 2.75) is 52.4 Å². The molecule has 1 saturated carbocycles. The van der Waals surface area contributed by atoms with Crippen LogP contribution in [0.1, 0.15) is 52.4 Å². The van der Waals surface area contributed by atoms with Gasteiger partial charge in [-0.05, 0) is 45.2 Å². The zero-order valence-corrected chi connectivity index (χ0v) is 14.8. The van der Waals surface area contributed by atoms with Gasteiger partial charge in [0.2, 0.25) is 0 Å². The van der Waals surface area contributed by atoms with Gasteiger partial charge in [0.25, 0.3) is 0 Å². The minimum absolute atomic E-state index is 0.218. The fourth-order valence-corrected chi connectivity index (χ4v) is 3.14. The van der Waals surface area contributed by atoms with Crippen molar-refractivity contribution in [1.82, 2.24) is 15.5 Å². The van der Waals surface area contributed by atoms with Gasteiger partial charge in [-0.1, -0.05) is 26.2 Å². The van der Waals surface area contributed by atoms with Crippen LogP contribution < -0.4 is 10.6 Å². The zero-order valence-electron chi connectivity index (χ0n) is 14.8. The van der Waals surface area contributed by atoms with E-state index in [-0.39, 0.29) is 12.0 Å². The molecule has 0 unspecified atom stereocenters. The summed E-state index contributed by atoms with van der Waals surface area (Å²) >= 11 is 0. The number of likely N-dealkylation sites (N-methyl/N-ethyl adjacent to an activating group) is 1. The van der Waals surface area contributed by atoms with Gasteiger partial charge in [0.05, 0.1) is 0 Å². The topological polar surface area (TPSA) is 59.9 Å². The molecule has 0 bridgehead atoms. The molecular weight excluding hydrogens is 276 g/mol. The summed E-state index contributed by atoms with van der Waals surface area (Å²) in [7, 11) is 2.13. The lowest BCUT2D eigenvalue weighted by Crippen LogP contribution is -2.42. The fraction of sp³-hybridized carbons (Fsp3) is 0.941. The second-order valence-electron chi connectivity index (χ2n) is 6.55. The molecule has 0 spiro atoms. The van der Waals surface area contributed by atoms with Gasteiger partial charge in [-0.25, -0.2) is 0 Å². The molecule has 0 aliphatic heterocycles. The van der Waals surface area contributed by atoms with Crippen LogP contribution in [0.5, 0.6) is 0 Å². The van der Waals surface area contributed by atoms with Crippen LogP contribution in [0.25, 0.3) is 0 Å². The summed E-state index contributed by atoms with van der Waals surface area (Å²) in [5.41, 5.74) is 0.218. The molecule has 0 radical (unpaired) electrons. The maximum absolute atomic E-state index is 9.40. The van der Waals surface area contributed by atoms with Gasteiger partial charge >= 0.3 is 0 Å². The van der Waals surface area contributed by atoms with Gasteiger partial charge in [-0.15, -0.1) is 0 Å². The highest BCUT2D eigenvalue weighted by molar-refractivity contribution is 5.79. The molecule has 0 amide bonds. The second-order valence-corrected chi connectivity index (χ2v) is 6.55. The first-order chi connectivity index (χ1) is 10.7. The summed E-state index contributed by atoms with van der Waals surface area (Å²) in [6, 6.07) is 0. The monoisotopic (exact) mass is 312 g/mol. The van der Waals surface area contributed by atoms with Crippen molar-refractivity contribution in [2.24, 2.45) is 10.4 Å². The summed E-state index contributed by atoms with van der Waals surface area (Å²) in [6.07, 6.45) is 7.18. The first-order valence-corrected chi connectivity index (χ1v) is 8.97. The third-order valence-electron chi connectivity index (χ3n) is 4.80. The van der Waals surface area contributed by atoms with E-state index in [1.54, 1.807) is 0 Å². The molecule has 22 heavy (non-hydrogen) atoms. The third kappa shape index (κ3) is 6.97. The Morgan fingerprint density at radius 2 is 1.91 bits per heavy atom. The van der Waals surface area contributed by atoms with E-state index in [4.69, 9.17) is 4.99 Å². The summed E-state index contributed by atoms with van der Waals surface area (Å²) in [4.78, 5) is 7.10. The van der Waals surface area contributed by atoms with Gasteiger partial charge < -0.3 is 20.6 Å². The predicted molar refractivity (Wildman–Crippen MR) is 94.4 cm³/mol. The average molecular weight is 313 g/mol. The van der Waals surface area contributed by atoms with E-state index in [1.165, 1.54) is 32.1 Å². The molecule has 1 aliphatic rings. The van der Waals surface area contributed by atoms with Gasteiger partial charge in [0.1, 0.15) is 0 Å². The molecule has 0 saturated heterocycles. The lowest BCUT2D eigenvalue weighted by molar-refractivity contribution is 0.137. The minimum atomic E-state index is 0.218. The number of guanidine groups is 1. The Morgan fingerprint density at radius 3 is 2.50 bits per heavy atom. The van der Waals surface area contributed by atoms with Gasteiger partial charge in [0.15, 0.2) is 5.96 Å². The van der Waals surface area contributed by atoms with E-state index in [1.807, 2.05) is 0 Å². The van der Waals surface area contributed by atoms with E-state index in [2.05, 4.69) is 36.4 Å². The highest BCUT2D eigenvalue weighted by Gasteiger charge is 2.31. The highest BCUT2D eigenvalue weighted by Crippen LogP contribution is 2.39. The summed E-state index contributed by atoms with van der Waals surface area (Å²) in [5.74, 6) is 0.912. The molecule has 5 heteroatoms. The van der Waals surface area contributed by atoms with Crippen LogP contribution in [0.15, 0.2) is 4.99 Å². The quantitative estimate of drug-likeness (QED) is 0.449. The number of rotatable bonds is 9. The van der Waals surface area contributed by atoms with E-state index in [0.29, 0.717) is 0 Å². The molecule has 3 N–H and O–H groups in total. The predicted octanol–water partition coefficient (Wildman–Crippen LogP) is 1.83. The number of hydrogen-bond acceptors (Lipinski definition) is 3. The van der Waals surface area contributed by atoms with E-state index < -0.39 is 0 Å². The van der Waals surface area contributed by atoms with E-state index in [9.17, 15) is 5.11 Å². The largest absolute Gasteiger partial charge is 0.396 e. The van der Waals surface area contributed by atoms with E-state index >= 15 is 0 Å². The summed E-state index contributed by atoms with van der Waals surface area (Å²) in [6.45, 7) is 9.23. The maximum atomic E-state index is 9.40. The molecular formula is C17H36N4O. The molecule has 0 aromatic carbocycles. The van der Waals surface area contributed by atoms with Crippen LogP contribution in [0, 0.1) is 5.41 Å². The van der Waals surface area contributed by atoms with Crippen LogP contribution in [-0.2, 0) is 0 Å². The molecule has 0 heterocycles. The number of aliphatic imine (C=N–C) groups is 1. The smallest absolute Gasteiger partial charge is 0.191 e. The lowest BCUT2D eigenvalue weighted by Gasteiger charge is -2.35. The van der Waals surface area contributed by atoms with Gasteiger partial charge in [0, 0.05) is 32.8 Å². The highest BCUT2D eigenvalue weighted by atomic mass is 16.3. The first kappa shape index (κ1) is 19.2. The Balaban J connectivity index is 2.54. The van der Waals surface area contributed by atoms with Crippen molar-refractivity contribution in [2.75, 3.05) is 46.4 Å². The zero-order chi connectivity index (χ0) is 16.3. The number of nitrogens with one attached hydrogen (secondary N) is 2. The van der Waals surface area contributed by atoms with Crippen LogP contribution in [0.2, 0.25) is 0 Å². The molecule has 0 aromatic heterocycles. The van der Waals surface area contributed by atoms with Crippen molar-refractivity contribution in [3.05, 3.63) is 0 Å². The Bertz CT molecular complexity index is 308. The summed E-state index contributed by atoms with van der Waals surface area (Å²) < 4.78 is 0. The SMILES string of the molecule is CCNC(=NCC1(CCO)CCCCC1)NCCN(C)CC. The minimum Gasteiger partial charge on any atom is -0.396 e. The average Bonchev–Trinajstić information content (AvgIpc) is 2.53. The van der Waals surface area contributed by atoms with Crippen molar-refractivity contribution in [3.8, 4) is 0 Å². The number of aliphatic hydroxyl groups is 1. The molecule has 1 fully saturated rings. The van der Waals surface area contributed by atoms with Crippen LogP contribution >= 0.6 is 0 Å². The van der Waals surface area contributed by atoms with Crippen molar-refractivity contribution < 1.29 is 5.11 Å². The van der Waals surface area contributed by atoms with E-state index in [0.717, 1.165) is 45.1 Å². The van der Waals surface area contributed by atoms with Gasteiger partial charge in [-0.3, -0.25) is 4.99 Å². The normalized spacial score (nSPS) is 18.5. The summed E-state index contributed by atoms with van der Waals surface area (Å²) in [5, 5.41) is 16.1. The first-order valence-electron chi connectivity index (χ1n) is 8.97. The molecule has 5 nitrogen and oxygen atoms in total. The maximum Gasteiger partial charge on any atom is 0.191 e. The Labute approximate surface area is 136 Å². The standard InChI is InChI=1S/C17H36N4O/c1-4-18-16(19-12-13-21(3)5-2)20-15-17(11-14-22)9-7-6-8-10-17/h22H,4-15H2,1-3H3,(H2,18,19,20). The Morgan fingerprint density at radius 1 is 1.18 bits per heavy atom. The second kappa shape index (κ2) is 10.8. The number of aliphatic hydroxyl groups excluding tert-OH is 1. The van der Waals surface area contributed by atoms with Crippen molar-refractivity contribution in [1.29, 1.82) is 0 Å². The molecule has 0 aromatic rings. The number of nitrogens with zero attached hydrogens (tertiary/aromatic N) is 2. The Hall–Kier alpha value is -0.810. The lowest BCUT2D eigenvalue weighted by atomic mass is 9.72. The molecule has 130 valence electrons. The van der Waals surface area contributed by atoms with Crippen molar-refractivity contribution >= 4 is 5.96 Å². The fourth-order valence-electron chi connectivity index (χ4n) is 3.14. The van der Waals surface area contributed by atoms with Crippen molar-refractivity contribution in [3.63, 3.8) is 0 Å². The third-order valence-corrected chi connectivity index (χ3v) is 4.80.